The van der Waals surface area contributed by atoms with Gasteiger partial charge in [-0.05, 0) is 44.4 Å². The molecule has 0 atom stereocenters. The Morgan fingerprint density at radius 1 is 1.12 bits per heavy atom. The number of thiophene rings is 1. The van der Waals surface area contributed by atoms with Crippen LogP contribution in [-0.4, -0.2) is 42.3 Å². The summed E-state index contributed by atoms with van der Waals surface area (Å²) in [4.78, 5) is 14.2. The molecule has 6 heteroatoms. The zero-order chi connectivity index (χ0) is 18.3. The Morgan fingerprint density at radius 2 is 1.92 bits per heavy atom. The smallest absolute Gasteiger partial charge is 0.150 e. The van der Waals surface area contributed by atoms with Crippen LogP contribution in [0, 0.1) is 6.92 Å². The molecule has 1 aliphatic rings. The highest BCUT2D eigenvalue weighted by Gasteiger charge is 2.36. The van der Waals surface area contributed by atoms with Gasteiger partial charge in [0.25, 0.3) is 0 Å². The van der Waals surface area contributed by atoms with Gasteiger partial charge >= 0.3 is 0 Å². The minimum Gasteiger partial charge on any atom is -0.495 e. The molecule has 1 aliphatic heterocycles. The predicted molar refractivity (Wildman–Crippen MR) is 109 cm³/mol. The molecule has 5 nitrogen and oxygen atoms in total. The maximum absolute atomic E-state index is 5.59. The van der Waals surface area contributed by atoms with E-state index >= 15 is 0 Å². The molecule has 26 heavy (non-hydrogen) atoms. The van der Waals surface area contributed by atoms with Crippen LogP contribution in [0.15, 0.2) is 35.7 Å². The molecule has 0 bridgehead atoms. The van der Waals surface area contributed by atoms with E-state index in [4.69, 9.17) is 9.72 Å². The molecule has 3 aromatic rings. The molecule has 136 valence electrons. The van der Waals surface area contributed by atoms with Gasteiger partial charge in [0.1, 0.15) is 17.4 Å². The first kappa shape index (κ1) is 17.1. The van der Waals surface area contributed by atoms with Gasteiger partial charge in [0.15, 0.2) is 0 Å². The number of ether oxygens (including phenoxy) is 1. The standard InChI is InChI=1S/C20H24N4OS/c1-14-21-15-9-12-26-18(15)19(22-14)23-10-11-24(20(2,3)13-23)16-7-5-6-8-17(16)25-4/h5-9,12H,10-11,13H2,1-4H3. The van der Waals surface area contributed by atoms with Gasteiger partial charge in [0, 0.05) is 19.6 Å². The van der Waals surface area contributed by atoms with Crippen molar-refractivity contribution in [2.24, 2.45) is 0 Å². The fraction of sp³-hybridized carbons (Fsp3) is 0.400. The van der Waals surface area contributed by atoms with Gasteiger partial charge < -0.3 is 14.5 Å². The number of methoxy groups -OCH3 is 1. The number of aryl methyl sites for hydroxylation is 1. The molecular weight excluding hydrogens is 344 g/mol. The summed E-state index contributed by atoms with van der Waals surface area (Å²) in [5.41, 5.74) is 2.15. The highest BCUT2D eigenvalue weighted by Crippen LogP contribution is 2.37. The van der Waals surface area contributed by atoms with Crippen molar-refractivity contribution in [1.82, 2.24) is 9.97 Å². The largest absolute Gasteiger partial charge is 0.495 e. The third kappa shape index (κ3) is 2.88. The molecule has 0 N–H and O–H groups in total. The Morgan fingerprint density at radius 3 is 2.69 bits per heavy atom. The summed E-state index contributed by atoms with van der Waals surface area (Å²) in [6.45, 7) is 9.27. The average molecular weight is 369 g/mol. The van der Waals surface area contributed by atoms with Crippen LogP contribution in [0.4, 0.5) is 11.5 Å². The van der Waals surface area contributed by atoms with Crippen LogP contribution in [0.5, 0.6) is 5.75 Å². The summed E-state index contributed by atoms with van der Waals surface area (Å²) in [5.74, 6) is 2.82. The van der Waals surface area contributed by atoms with E-state index in [0.717, 1.165) is 48.2 Å². The second kappa shape index (κ2) is 6.43. The second-order valence-corrected chi connectivity index (χ2v) is 8.20. The quantitative estimate of drug-likeness (QED) is 0.696. The lowest BCUT2D eigenvalue weighted by atomic mass is 9.97. The van der Waals surface area contributed by atoms with Crippen molar-refractivity contribution in [2.45, 2.75) is 26.3 Å². The second-order valence-electron chi connectivity index (χ2n) is 7.29. The van der Waals surface area contributed by atoms with E-state index < -0.39 is 0 Å². The van der Waals surface area contributed by atoms with Gasteiger partial charge in [-0.15, -0.1) is 11.3 Å². The van der Waals surface area contributed by atoms with Gasteiger partial charge in [-0.25, -0.2) is 9.97 Å². The van der Waals surface area contributed by atoms with Crippen LogP contribution in [-0.2, 0) is 0 Å². The Hall–Kier alpha value is -2.34. The Kier molecular flexibility index (Phi) is 4.23. The Balaban J connectivity index is 1.67. The van der Waals surface area contributed by atoms with Crippen molar-refractivity contribution >= 4 is 33.1 Å². The van der Waals surface area contributed by atoms with E-state index in [9.17, 15) is 0 Å². The van der Waals surface area contributed by atoms with Crippen LogP contribution in [0.1, 0.15) is 19.7 Å². The van der Waals surface area contributed by atoms with E-state index in [-0.39, 0.29) is 5.54 Å². The summed E-state index contributed by atoms with van der Waals surface area (Å²) in [5, 5.41) is 2.10. The first-order valence-electron chi connectivity index (χ1n) is 8.87. The molecule has 0 amide bonds. The number of hydrogen-bond acceptors (Lipinski definition) is 6. The number of nitrogens with zero attached hydrogens (tertiary/aromatic N) is 4. The fourth-order valence-electron chi connectivity index (χ4n) is 3.81. The summed E-state index contributed by atoms with van der Waals surface area (Å²) in [6, 6.07) is 10.3. The maximum Gasteiger partial charge on any atom is 0.150 e. The number of anilines is 2. The lowest BCUT2D eigenvalue weighted by Crippen LogP contribution is -2.60. The molecule has 1 aromatic carbocycles. The first-order chi connectivity index (χ1) is 12.5. The van der Waals surface area contributed by atoms with Gasteiger partial charge in [-0.3, -0.25) is 0 Å². The van der Waals surface area contributed by atoms with E-state index in [1.165, 1.54) is 4.70 Å². The number of aromatic nitrogens is 2. The fourth-order valence-corrected chi connectivity index (χ4v) is 4.66. The summed E-state index contributed by atoms with van der Waals surface area (Å²) >= 11 is 1.72. The predicted octanol–water partition coefficient (Wildman–Crippen LogP) is 4.11. The lowest BCUT2D eigenvalue weighted by molar-refractivity contribution is 0.388. The minimum absolute atomic E-state index is 0.0463. The van der Waals surface area contributed by atoms with Gasteiger partial charge in [0.2, 0.25) is 0 Å². The summed E-state index contributed by atoms with van der Waals surface area (Å²) in [7, 11) is 1.74. The van der Waals surface area contributed by atoms with E-state index in [1.807, 2.05) is 19.1 Å². The average Bonchev–Trinajstić information content (AvgIpc) is 3.08. The molecule has 0 saturated carbocycles. The molecule has 0 unspecified atom stereocenters. The molecular formula is C20H24N4OS. The zero-order valence-corrected chi connectivity index (χ0v) is 16.5. The maximum atomic E-state index is 5.59. The number of rotatable bonds is 3. The summed E-state index contributed by atoms with van der Waals surface area (Å²) < 4.78 is 6.77. The molecule has 0 radical (unpaired) electrons. The SMILES string of the molecule is COc1ccccc1N1CCN(c2nc(C)nc3ccsc23)CC1(C)C. The van der Waals surface area contributed by atoms with E-state index in [1.54, 1.807) is 18.4 Å². The Bertz CT molecular complexity index is 936. The normalized spacial score (nSPS) is 16.9. The van der Waals surface area contributed by atoms with Gasteiger partial charge in [0.05, 0.1) is 28.6 Å². The number of benzene rings is 1. The molecule has 3 heterocycles. The Labute approximate surface area is 158 Å². The van der Waals surface area contributed by atoms with E-state index in [0.29, 0.717) is 0 Å². The summed E-state index contributed by atoms with van der Waals surface area (Å²) in [6.07, 6.45) is 0. The first-order valence-corrected chi connectivity index (χ1v) is 9.75. The van der Waals surface area contributed by atoms with Crippen molar-refractivity contribution in [1.29, 1.82) is 0 Å². The number of hydrogen-bond donors (Lipinski definition) is 0. The molecule has 1 saturated heterocycles. The topological polar surface area (TPSA) is 41.5 Å². The van der Waals surface area contributed by atoms with Crippen molar-refractivity contribution < 1.29 is 4.74 Å². The molecule has 0 spiro atoms. The lowest BCUT2D eigenvalue weighted by Gasteiger charge is -2.49. The highest BCUT2D eigenvalue weighted by atomic mass is 32.1. The van der Waals surface area contributed by atoms with Crippen molar-refractivity contribution in [3.8, 4) is 5.75 Å². The van der Waals surface area contributed by atoms with Crippen LogP contribution >= 0.6 is 11.3 Å². The van der Waals surface area contributed by atoms with Crippen LogP contribution in [0.3, 0.4) is 0 Å². The van der Waals surface area contributed by atoms with E-state index in [2.05, 4.69) is 52.2 Å². The third-order valence-electron chi connectivity index (χ3n) is 4.98. The monoisotopic (exact) mass is 368 g/mol. The third-order valence-corrected chi connectivity index (χ3v) is 5.87. The molecule has 2 aromatic heterocycles. The van der Waals surface area contributed by atoms with Crippen molar-refractivity contribution in [3.05, 3.63) is 41.5 Å². The molecule has 4 rings (SSSR count). The van der Waals surface area contributed by atoms with Crippen LogP contribution < -0.4 is 14.5 Å². The van der Waals surface area contributed by atoms with Crippen molar-refractivity contribution in [2.75, 3.05) is 36.5 Å². The molecule has 1 fully saturated rings. The van der Waals surface area contributed by atoms with Gasteiger partial charge in [-0.1, -0.05) is 12.1 Å². The zero-order valence-electron chi connectivity index (χ0n) is 15.7. The minimum atomic E-state index is -0.0463. The number of para-hydroxylation sites is 2. The van der Waals surface area contributed by atoms with Crippen LogP contribution in [0.25, 0.3) is 10.2 Å². The van der Waals surface area contributed by atoms with Crippen molar-refractivity contribution in [3.63, 3.8) is 0 Å². The highest BCUT2D eigenvalue weighted by molar-refractivity contribution is 7.17. The van der Waals surface area contributed by atoms with Gasteiger partial charge in [-0.2, -0.15) is 0 Å². The molecule has 0 aliphatic carbocycles. The number of piperazine rings is 1. The van der Waals surface area contributed by atoms with Crippen LogP contribution in [0.2, 0.25) is 0 Å². The number of fused-ring (bicyclic) bond motifs is 1.